The molecule has 1 aromatic rings. The summed E-state index contributed by atoms with van der Waals surface area (Å²) in [5.41, 5.74) is 6.32. The van der Waals surface area contributed by atoms with Gasteiger partial charge in [0, 0.05) is 11.7 Å². The maximum atomic E-state index is 10.5. The number of carboxylic acid groups (broad SMARTS) is 1. The summed E-state index contributed by atoms with van der Waals surface area (Å²) in [7, 11) is 0. The first-order valence-corrected chi connectivity index (χ1v) is 4.15. The van der Waals surface area contributed by atoms with Crippen LogP contribution < -0.4 is 5.73 Å². The van der Waals surface area contributed by atoms with Crippen LogP contribution in [0.25, 0.3) is 5.57 Å². The smallest absolute Gasteiger partial charge is 0.338 e. The monoisotopic (exact) mass is 204 g/mol. The predicted octanol–water partition coefficient (Wildman–Crippen LogP) is 1.39. The van der Waals surface area contributed by atoms with Gasteiger partial charge in [-0.3, -0.25) is 0 Å². The summed E-state index contributed by atoms with van der Waals surface area (Å²) in [5.74, 6) is -1.09. The molecule has 0 aliphatic carbocycles. The molecule has 1 rings (SSSR count). The topological polar surface area (TPSA) is 76.2 Å². The Morgan fingerprint density at radius 1 is 1.83 bits per heavy atom. The van der Waals surface area contributed by atoms with Crippen molar-refractivity contribution in [1.29, 1.82) is 0 Å². The van der Waals surface area contributed by atoms with Gasteiger partial charge in [0.2, 0.25) is 0 Å². The van der Waals surface area contributed by atoms with Crippen molar-refractivity contribution in [3.8, 4) is 0 Å². The number of nitrogens with zero attached hydrogens (tertiary/aromatic N) is 1. The van der Waals surface area contributed by atoms with E-state index < -0.39 is 5.97 Å². The van der Waals surface area contributed by atoms with Crippen LogP contribution in [-0.2, 0) is 4.79 Å². The fourth-order valence-corrected chi connectivity index (χ4v) is 1.59. The van der Waals surface area contributed by atoms with Gasteiger partial charge in [-0.2, -0.15) is 0 Å². The molecule has 6 heteroatoms. The number of rotatable bonds is 2. The largest absolute Gasteiger partial charge is 0.478 e. The molecule has 0 radical (unpaired) electrons. The van der Waals surface area contributed by atoms with E-state index >= 15 is 0 Å². The van der Waals surface area contributed by atoms with Crippen LogP contribution in [0.3, 0.4) is 0 Å². The number of hydrogen-bond acceptors (Lipinski definition) is 4. The van der Waals surface area contributed by atoms with Crippen molar-refractivity contribution in [1.82, 2.24) is 4.98 Å². The van der Waals surface area contributed by atoms with E-state index in [1.165, 1.54) is 6.20 Å². The van der Waals surface area contributed by atoms with Crippen molar-refractivity contribution in [3.05, 3.63) is 16.6 Å². The molecule has 0 aromatic carbocycles. The molecule has 0 unspecified atom stereocenters. The zero-order valence-corrected chi connectivity index (χ0v) is 7.39. The first kappa shape index (κ1) is 9.02. The van der Waals surface area contributed by atoms with Crippen molar-refractivity contribution in [2.24, 2.45) is 0 Å². The standard InChI is InChI=1S/C6H5ClN2O2S/c7-1-3(5(10)11)4-2-9-6(8)12-4/h1-2H,(H2,8,9)(H,10,11). The normalized spacial score (nSPS) is 11.6. The van der Waals surface area contributed by atoms with Gasteiger partial charge in [-0.05, 0) is 0 Å². The Kier molecular flexibility index (Phi) is 2.67. The number of carbonyl (C=O) groups is 1. The van der Waals surface area contributed by atoms with Gasteiger partial charge in [-0.15, -0.1) is 0 Å². The molecule has 0 spiro atoms. The van der Waals surface area contributed by atoms with Crippen LogP contribution in [0.5, 0.6) is 0 Å². The minimum atomic E-state index is -1.09. The summed E-state index contributed by atoms with van der Waals surface area (Å²) in [6, 6.07) is 0. The number of halogens is 1. The third kappa shape index (κ3) is 1.75. The Hall–Kier alpha value is -1.07. The van der Waals surface area contributed by atoms with Gasteiger partial charge in [0.05, 0.1) is 10.5 Å². The number of thiazole rings is 1. The molecule has 1 heterocycles. The third-order valence-corrected chi connectivity index (χ3v) is 2.21. The highest BCUT2D eigenvalue weighted by Gasteiger charge is 2.12. The van der Waals surface area contributed by atoms with Gasteiger partial charge in [0.1, 0.15) is 0 Å². The highest BCUT2D eigenvalue weighted by atomic mass is 35.5. The summed E-state index contributed by atoms with van der Waals surface area (Å²) in [5, 5.41) is 8.94. The summed E-state index contributed by atoms with van der Waals surface area (Å²) < 4.78 is 0. The predicted molar refractivity (Wildman–Crippen MR) is 48.0 cm³/mol. The van der Waals surface area contributed by atoms with E-state index in [-0.39, 0.29) is 5.57 Å². The number of nitrogens with two attached hydrogens (primary N) is 1. The molecule has 0 atom stereocenters. The van der Waals surface area contributed by atoms with Crippen LogP contribution >= 0.6 is 22.9 Å². The van der Waals surface area contributed by atoms with Crippen LogP contribution in [0.4, 0.5) is 5.13 Å². The number of hydrogen-bond donors (Lipinski definition) is 2. The van der Waals surface area contributed by atoms with Crippen molar-refractivity contribution in [2.45, 2.75) is 0 Å². The number of carboxylic acids is 1. The van der Waals surface area contributed by atoms with Gasteiger partial charge in [-0.1, -0.05) is 22.9 Å². The molecule has 0 amide bonds. The van der Waals surface area contributed by atoms with Gasteiger partial charge in [0.25, 0.3) is 0 Å². The Morgan fingerprint density at radius 2 is 2.50 bits per heavy atom. The van der Waals surface area contributed by atoms with Gasteiger partial charge >= 0.3 is 5.97 Å². The molecule has 1 aromatic heterocycles. The molecule has 0 bridgehead atoms. The molecule has 4 nitrogen and oxygen atoms in total. The summed E-state index contributed by atoms with van der Waals surface area (Å²) in [4.78, 5) is 14.7. The van der Waals surface area contributed by atoms with E-state index in [2.05, 4.69) is 4.98 Å². The highest BCUT2D eigenvalue weighted by Crippen LogP contribution is 2.23. The first-order valence-electron chi connectivity index (χ1n) is 2.90. The number of aromatic nitrogens is 1. The van der Waals surface area contributed by atoms with E-state index in [9.17, 15) is 4.79 Å². The van der Waals surface area contributed by atoms with Gasteiger partial charge in [-0.25, -0.2) is 9.78 Å². The SMILES string of the molecule is Nc1ncc(C(=CCl)C(=O)O)s1. The fraction of sp³-hybridized carbons (Fsp3) is 0. The van der Waals surface area contributed by atoms with Gasteiger partial charge < -0.3 is 10.8 Å². The van der Waals surface area contributed by atoms with Crippen molar-refractivity contribution >= 4 is 39.6 Å². The summed E-state index contributed by atoms with van der Waals surface area (Å²) in [6.45, 7) is 0. The van der Waals surface area contributed by atoms with Gasteiger partial charge in [0.15, 0.2) is 5.13 Å². The van der Waals surface area contributed by atoms with Crippen LogP contribution in [0.15, 0.2) is 11.7 Å². The Labute approximate surface area is 77.3 Å². The lowest BCUT2D eigenvalue weighted by Crippen LogP contribution is -1.96. The number of aliphatic carboxylic acids is 1. The molecule has 0 saturated heterocycles. The third-order valence-electron chi connectivity index (χ3n) is 1.13. The summed E-state index contributed by atoms with van der Waals surface area (Å²) >= 11 is 6.38. The molecule has 0 aliphatic rings. The second-order valence-corrected chi connectivity index (χ2v) is 3.17. The van der Waals surface area contributed by atoms with E-state index in [4.69, 9.17) is 22.4 Å². The molecule has 64 valence electrons. The van der Waals surface area contributed by atoms with E-state index in [1.807, 2.05) is 0 Å². The lowest BCUT2D eigenvalue weighted by atomic mass is 10.3. The van der Waals surface area contributed by atoms with Crippen LogP contribution in [0.1, 0.15) is 4.88 Å². The Morgan fingerprint density at radius 3 is 2.83 bits per heavy atom. The zero-order valence-electron chi connectivity index (χ0n) is 5.82. The minimum absolute atomic E-state index is 0.00543. The van der Waals surface area contributed by atoms with Crippen molar-refractivity contribution in [3.63, 3.8) is 0 Å². The van der Waals surface area contributed by atoms with E-state index in [1.54, 1.807) is 0 Å². The molecular weight excluding hydrogens is 200 g/mol. The lowest BCUT2D eigenvalue weighted by molar-refractivity contribution is -0.130. The Balaban J connectivity index is 3.04. The maximum absolute atomic E-state index is 10.5. The molecule has 0 aliphatic heterocycles. The average molecular weight is 205 g/mol. The highest BCUT2D eigenvalue weighted by molar-refractivity contribution is 7.16. The van der Waals surface area contributed by atoms with Crippen LogP contribution in [-0.4, -0.2) is 16.1 Å². The maximum Gasteiger partial charge on any atom is 0.338 e. The molecule has 3 N–H and O–H groups in total. The molecule has 0 fully saturated rings. The molecule has 0 saturated carbocycles. The fourth-order valence-electron chi connectivity index (χ4n) is 0.618. The number of anilines is 1. The lowest BCUT2D eigenvalue weighted by Gasteiger charge is -1.92. The van der Waals surface area contributed by atoms with Crippen molar-refractivity contribution < 1.29 is 9.90 Å². The first-order chi connectivity index (χ1) is 5.65. The molecule has 12 heavy (non-hydrogen) atoms. The average Bonchev–Trinajstić information content (AvgIpc) is 2.37. The zero-order chi connectivity index (χ0) is 9.14. The second kappa shape index (κ2) is 3.55. The van der Waals surface area contributed by atoms with Crippen LogP contribution in [0.2, 0.25) is 0 Å². The molecular formula is C6H5ClN2O2S. The Bertz CT molecular complexity index is 334. The quantitative estimate of drug-likeness (QED) is 0.714. The van der Waals surface area contributed by atoms with Crippen LogP contribution in [0, 0.1) is 0 Å². The minimum Gasteiger partial charge on any atom is -0.478 e. The van der Waals surface area contributed by atoms with E-state index in [0.717, 1.165) is 16.9 Å². The van der Waals surface area contributed by atoms with E-state index in [0.29, 0.717) is 10.0 Å². The summed E-state index contributed by atoms with van der Waals surface area (Å²) in [6.07, 6.45) is 1.38. The van der Waals surface area contributed by atoms with Crippen molar-refractivity contribution in [2.75, 3.05) is 5.73 Å². The second-order valence-electron chi connectivity index (χ2n) is 1.89. The number of nitrogen functional groups attached to an aromatic ring is 1.